The highest BCUT2D eigenvalue weighted by molar-refractivity contribution is 6.19. The van der Waals surface area contributed by atoms with Crippen molar-refractivity contribution in [3.8, 4) is 78.5 Å². The van der Waals surface area contributed by atoms with Crippen LogP contribution in [-0.2, 0) is 5.41 Å². The summed E-state index contributed by atoms with van der Waals surface area (Å²) in [5.74, 6) is 0.687. The Bertz CT molecular complexity index is 3570. The Labute approximate surface area is 365 Å². The molecule has 0 fully saturated rings. The molecule has 11 aromatic rings. The summed E-state index contributed by atoms with van der Waals surface area (Å²) in [6.07, 6.45) is 0. The molecule has 0 atom stereocenters. The first-order valence-electron chi connectivity index (χ1n) is 21.6. The van der Waals surface area contributed by atoms with Gasteiger partial charge in [0.25, 0.3) is 0 Å². The van der Waals surface area contributed by atoms with Gasteiger partial charge >= 0.3 is 0 Å². The molecule has 0 radical (unpaired) electrons. The number of aromatic nitrogens is 3. The fourth-order valence-electron chi connectivity index (χ4n) is 10.6. The van der Waals surface area contributed by atoms with Gasteiger partial charge in [-0.2, -0.15) is 0 Å². The zero-order valence-electron chi connectivity index (χ0n) is 34.2. The normalized spacial score (nSPS) is 12.9. The van der Waals surface area contributed by atoms with Crippen molar-refractivity contribution in [3.63, 3.8) is 0 Å². The average Bonchev–Trinajstić information content (AvgIpc) is 3.84. The molecule has 0 saturated heterocycles. The molecule has 3 heteroatoms. The van der Waals surface area contributed by atoms with Gasteiger partial charge in [0, 0.05) is 33.0 Å². The number of hydrogen-bond acceptors (Lipinski definition) is 3. The van der Waals surface area contributed by atoms with Gasteiger partial charge in [-0.15, -0.1) is 0 Å². The minimum atomic E-state index is -0.456. The summed E-state index contributed by atoms with van der Waals surface area (Å²) in [6.45, 7) is 0. The van der Waals surface area contributed by atoms with Gasteiger partial charge in [0.05, 0.1) is 28.0 Å². The van der Waals surface area contributed by atoms with E-state index in [1.165, 1.54) is 66.4 Å². The largest absolute Gasteiger partial charge is 0.247 e. The van der Waals surface area contributed by atoms with Crippen molar-refractivity contribution < 1.29 is 0 Å². The van der Waals surface area contributed by atoms with Crippen molar-refractivity contribution >= 4 is 21.7 Å². The lowest BCUT2D eigenvalue weighted by atomic mass is 9.70. The van der Waals surface area contributed by atoms with Gasteiger partial charge in [-0.25, -0.2) is 15.0 Å². The maximum absolute atomic E-state index is 5.59. The van der Waals surface area contributed by atoms with E-state index in [9.17, 15) is 0 Å². The summed E-state index contributed by atoms with van der Waals surface area (Å²) in [5.41, 5.74) is 20.0. The SMILES string of the molecule is c1ccc(-c2ccc(-c3cc(-c4cccc(-c5nc6ccccc6c6ccc7c(c56)-c5ccccc5C75c6ccccc6-c6ccccc65)c4)nc(-c4ccccc4)n3)cc2)cc1. The van der Waals surface area contributed by atoms with Crippen molar-refractivity contribution in [2.75, 3.05) is 0 Å². The van der Waals surface area contributed by atoms with Crippen molar-refractivity contribution in [1.29, 1.82) is 0 Å². The van der Waals surface area contributed by atoms with Crippen molar-refractivity contribution in [2.24, 2.45) is 0 Å². The van der Waals surface area contributed by atoms with Crippen LogP contribution in [-0.4, -0.2) is 15.0 Å². The predicted octanol–water partition coefficient (Wildman–Crippen LogP) is 14.9. The zero-order chi connectivity index (χ0) is 41.5. The van der Waals surface area contributed by atoms with Crippen LogP contribution in [0.3, 0.4) is 0 Å². The molecule has 0 aliphatic heterocycles. The number of pyridine rings is 1. The Morgan fingerprint density at radius 3 is 1.54 bits per heavy atom. The van der Waals surface area contributed by atoms with E-state index >= 15 is 0 Å². The van der Waals surface area contributed by atoms with Gasteiger partial charge in [0.15, 0.2) is 5.82 Å². The predicted molar refractivity (Wildman–Crippen MR) is 258 cm³/mol. The fraction of sp³-hybridized carbons (Fsp3) is 0.0167. The van der Waals surface area contributed by atoms with Crippen LogP contribution in [0.25, 0.3) is 100 Å². The molecule has 2 aromatic heterocycles. The maximum atomic E-state index is 5.59. The summed E-state index contributed by atoms with van der Waals surface area (Å²) in [7, 11) is 0. The highest BCUT2D eigenvalue weighted by Crippen LogP contribution is 2.64. The number of fused-ring (bicyclic) bond motifs is 14. The van der Waals surface area contributed by atoms with Crippen LogP contribution in [0.4, 0.5) is 0 Å². The van der Waals surface area contributed by atoms with Crippen LogP contribution in [0.15, 0.2) is 224 Å². The van der Waals surface area contributed by atoms with E-state index in [4.69, 9.17) is 15.0 Å². The molecule has 292 valence electrons. The third-order valence-corrected chi connectivity index (χ3v) is 13.3. The Hall–Kier alpha value is -8.27. The molecule has 2 aliphatic rings. The van der Waals surface area contributed by atoms with Crippen LogP contribution in [0.5, 0.6) is 0 Å². The Morgan fingerprint density at radius 2 is 0.825 bits per heavy atom. The molecule has 0 bridgehead atoms. The van der Waals surface area contributed by atoms with E-state index in [1.54, 1.807) is 0 Å². The van der Waals surface area contributed by atoms with Gasteiger partial charge in [-0.1, -0.05) is 206 Å². The molecule has 0 N–H and O–H groups in total. The van der Waals surface area contributed by atoms with E-state index in [0.717, 1.165) is 50.2 Å². The van der Waals surface area contributed by atoms with Crippen LogP contribution in [0.2, 0.25) is 0 Å². The summed E-state index contributed by atoms with van der Waals surface area (Å²) in [6, 6.07) is 80.7. The Kier molecular flexibility index (Phi) is 7.82. The first kappa shape index (κ1) is 35.5. The second kappa shape index (κ2) is 13.9. The summed E-state index contributed by atoms with van der Waals surface area (Å²) < 4.78 is 0. The number of benzene rings is 9. The van der Waals surface area contributed by atoms with Gasteiger partial charge in [-0.3, -0.25) is 0 Å². The van der Waals surface area contributed by atoms with Gasteiger partial charge in [0.1, 0.15) is 0 Å². The molecule has 0 saturated carbocycles. The molecule has 3 nitrogen and oxygen atoms in total. The summed E-state index contributed by atoms with van der Waals surface area (Å²) in [4.78, 5) is 16.0. The van der Waals surface area contributed by atoms with E-state index < -0.39 is 5.41 Å². The van der Waals surface area contributed by atoms with Crippen LogP contribution < -0.4 is 0 Å². The van der Waals surface area contributed by atoms with Crippen LogP contribution >= 0.6 is 0 Å². The Balaban J connectivity index is 1.04. The molecule has 0 amide bonds. The highest BCUT2D eigenvalue weighted by atomic mass is 14.9. The molecule has 9 aromatic carbocycles. The lowest BCUT2D eigenvalue weighted by molar-refractivity contribution is 0.794. The van der Waals surface area contributed by atoms with Crippen LogP contribution in [0, 0.1) is 0 Å². The quantitative estimate of drug-likeness (QED) is 0.163. The first-order chi connectivity index (χ1) is 31.2. The van der Waals surface area contributed by atoms with Crippen LogP contribution in [0.1, 0.15) is 22.3 Å². The van der Waals surface area contributed by atoms with E-state index in [0.29, 0.717) is 5.82 Å². The molecule has 13 rings (SSSR count). The topological polar surface area (TPSA) is 38.7 Å². The smallest absolute Gasteiger partial charge is 0.160 e. The average molecular weight is 800 g/mol. The van der Waals surface area contributed by atoms with Crippen molar-refractivity contribution in [2.45, 2.75) is 5.41 Å². The second-order valence-electron chi connectivity index (χ2n) is 16.6. The molecule has 1 spiro atoms. The Morgan fingerprint density at radius 1 is 0.302 bits per heavy atom. The minimum absolute atomic E-state index is 0.456. The molecule has 2 heterocycles. The second-order valence-corrected chi connectivity index (χ2v) is 16.6. The minimum Gasteiger partial charge on any atom is -0.247 e. The van der Waals surface area contributed by atoms with Gasteiger partial charge in [-0.05, 0) is 79.2 Å². The highest BCUT2D eigenvalue weighted by Gasteiger charge is 2.52. The fourth-order valence-corrected chi connectivity index (χ4v) is 10.6. The van der Waals surface area contributed by atoms with Gasteiger partial charge in [0.2, 0.25) is 0 Å². The van der Waals surface area contributed by atoms with E-state index in [1.807, 2.05) is 24.3 Å². The maximum Gasteiger partial charge on any atom is 0.160 e. The molecule has 0 unspecified atom stereocenters. The van der Waals surface area contributed by atoms with Gasteiger partial charge < -0.3 is 0 Å². The van der Waals surface area contributed by atoms with Crippen molar-refractivity contribution in [1.82, 2.24) is 15.0 Å². The third kappa shape index (κ3) is 5.30. The summed E-state index contributed by atoms with van der Waals surface area (Å²) >= 11 is 0. The standard InChI is InChI=1S/C60H37N3/c1-3-16-38(17-4-1)39-30-32-40(33-31-39)54-37-55(63-59(62-54)41-18-5-2-6-19-41)42-20-15-21-43(36-42)58-57-47(46-24-10-14-29-53(46)61-58)34-35-52-56(57)48-25-9-13-28-51(48)60(52)49-26-11-7-22-44(49)45-23-8-12-27-50(45)60/h1-37H. The molecule has 2 aliphatic carbocycles. The molecular formula is C60H37N3. The lowest BCUT2D eigenvalue weighted by Crippen LogP contribution is -2.25. The molecule has 63 heavy (non-hydrogen) atoms. The summed E-state index contributed by atoms with van der Waals surface area (Å²) in [5, 5.41) is 3.51. The van der Waals surface area contributed by atoms with E-state index in [2.05, 4.69) is 200 Å². The number of rotatable bonds is 5. The third-order valence-electron chi connectivity index (χ3n) is 13.3. The number of para-hydroxylation sites is 1. The zero-order valence-corrected chi connectivity index (χ0v) is 34.2. The number of nitrogens with zero attached hydrogens (tertiary/aromatic N) is 3. The van der Waals surface area contributed by atoms with Crippen molar-refractivity contribution in [3.05, 3.63) is 247 Å². The first-order valence-corrected chi connectivity index (χ1v) is 21.6. The number of hydrogen-bond donors (Lipinski definition) is 0. The monoisotopic (exact) mass is 799 g/mol. The molecular weight excluding hydrogens is 763 g/mol. The van der Waals surface area contributed by atoms with E-state index in [-0.39, 0.29) is 0 Å². The lowest BCUT2D eigenvalue weighted by Gasteiger charge is -2.30.